The van der Waals surface area contributed by atoms with Crippen LogP contribution in [0.1, 0.15) is 24.0 Å². The first-order valence-corrected chi connectivity index (χ1v) is 7.81. The Bertz CT molecular complexity index is 649. The summed E-state index contributed by atoms with van der Waals surface area (Å²) in [5.41, 5.74) is 7.56. The third-order valence-corrected chi connectivity index (χ3v) is 3.43. The van der Waals surface area contributed by atoms with Crippen molar-refractivity contribution in [1.82, 2.24) is 0 Å². The summed E-state index contributed by atoms with van der Waals surface area (Å²) in [5, 5.41) is 0. The van der Waals surface area contributed by atoms with E-state index in [1.165, 1.54) is 0 Å². The van der Waals surface area contributed by atoms with Crippen molar-refractivity contribution in [2.24, 2.45) is 5.73 Å². The molecule has 1 atom stereocenters. The Morgan fingerprint density at radius 2 is 1.32 bits per heavy atom. The van der Waals surface area contributed by atoms with Crippen molar-refractivity contribution in [2.75, 3.05) is 0 Å². The number of halogens is 1. The highest BCUT2D eigenvalue weighted by Crippen LogP contribution is 2.06. The summed E-state index contributed by atoms with van der Waals surface area (Å²) in [6.45, 7) is 0.388. The molecule has 0 heterocycles. The molecule has 2 aromatic carbocycles. The van der Waals surface area contributed by atoms with Crippen LogP contribution < -0.4 is 5.73 Å². The monoisotopic (exact) mass is 363 g/mol. The van der Waals surface area contributed by atoms with E-state index in [1.807, 2.05) is 60.7 Å². The molecule has 0 fully saturated rings. The number of ether oxygens (including phenoxy) is 2. The van der Waals surface area contributed by atoms with E-state index in [0.717, 1.165) is 11.1 Å². The number of carbonyl (C=O) groups is 2. The second-order valence-corrected chi connectivity index (χ2v) is 5.38. The Balaban J connectivity index is 0.00000312. The smallest absolute Gasteiger partial charge is 0.323 e. The zero-order valence-corrected chi connectivity index (χ0v) is 14.6. The number of hydrogen-bond acceptors (Lipinski definition) is 5. The van der Waals surface area contributed by atoms with Crippen LogP contribution in [0.3, 0.4) is 0 Å². The number of nitrogens with two attached hydrogens (primary N) is 1. The summed E-state index contributed by atoms with van der Waals surface area (Å²) in [5.74, 6) is -0.903. The molecule has 25 heavy (non-hydrogen) atoms. The molecule has 0 aliphatic heterocycles. The van der Waals surface area contributed by atoms with Gasteiger partial charge < -0.3 is 15.2 Å². The number of esters is 2. The summed E-state index contributed by atoms with van der Waals surface area (Å²) < 4.78 is 10.3. The third-order valence-electron chi connectivity index (χ3n) is 3.43. The molecule has 134 valence electrons. The van der Waals surface area contributed by atoms with Gasteiger partial charge in [-0.25, -0.2) is 0 Å². The van der Waals surface area contributed by atoms with Gasteiger partial charge in [-0.3, -0.25) is 9.59 Å². The average molecular weight is 364 g/mol. The van der Waals surface area contributed by atoms with Crippen molar-refractivity contribution in [3.8, 4) is 0 Å². The van der Waals surface area contributed by atoms with Gasteiger partial charge in [0.15, 0.2) is 0 Å². The SMILES string of the molecule is Cl.NC(CCC(=O)OCc1ccccc1)C(=O)OCc1ccccc1. The second-order valence-electron chi connectivity index (χ2n) is 5.38. The molecule has 0 aromatic heterocycles. The van der Waals surface area contributed by atoms with Crippen LogP contribution in [-0.4, -0.2) is 18.0 Å². The number of benzene rings is 2. The van der Waals surface area contributed by atoms with E-state index in [9.17, 15) is 9.59 Å². The second kappa shape index (κ2) is 11.2. The van der Waals surface area contributed by atoms with Gasteiger partial charge in [-0.2, -0.15) is 0 Å². The van der Waals surface area contributed by atoms with Crippen molar-refractivity contribution in [3.05, 3.63) is 71.8 Å². The Hall–Kier alpha value is -2.37. The van der Waals surface area contributed by atoms with E-state index in [0.29, 0.717) is 0 Å². The first-order chi connectivity index (χ1) is 11.6. The summed E-state index contributed by atoms with van der Waals surface area (Å²) >= 11 is 0. The molecular formula is C19H22ClNO4. The molecule has 2 rings (SSSR count). The van der Waals surface area contributed by atoms with Crippen LogP contribution in [-0.2, 0) is 32.3 Å². The van der Waals surface area contributed by atoms with Crippen LogP contribution in [0.5, 0.6) is 0 Å². The molecule has 1 unspecified atom stereocenters. The lowest BCUT2D eigenvalue weighted by Gasteiger charge is -2.11. The fourth-order valence-corrected chi connectivity index (χ4v) is 2.04. The van der Waals surface area contributed by atoms with Crippen LogP contribution in [0.2, 0.25) is 0 Å². The average Bonchev–Trinajstić information content (AvgIpc) is 2.64. The summed E-state index contributed by atoms with van der Waals surface area (Å²) in [4.78, 5) is 23.5. The zero-order chi connectivity index (χ0) is 17.2. The Labute approximate surface area is 153 Å². The standard InChI is InChI=1S/C19H21NO4.ClH/c20-17(19(22)24-14-16-9-5-2-6-10-16)11-12-18(21)23-13-15-7-3-1-4-8-15;/h1-10,17H,11-14,20H2;1H. The third kappa shape index (κ3) is 7.83. The Morgan fingerprint density at radius 1 is 0.840 bits per heavy atom. The minimum atomic E-state index is -0.835. The van der Waals surface area contributed by atoms with Crippen LogP contribution >= 0.6 is 12.4 Å². The predicted octanol–water partition coefficient (Wildman–Crippen LogP) is 3.00. The molecule has 2 aromatic rings. The molecule has 0 amide bonds. The Kier molecular flexibility index (Phi) is 9.29. The zero-order valence-electron chi connectivity index (χ0n) is 13.8. The fraction of sp³-hybridized carbons (Fsp3) is 0.263. The topological polar surface area (TPSA) is 78.6 Å². The van der Waals surface area contributed by atoms with E-state index in [1.54, 1.807) is 0 Å². The highest BCUT2D eigenvalue weighted by Gasteiger charge is 2.17. The molecule has 0 aliphatic carbocycles. The highest BCUT2D eigenvalue weighted by molar-refractivity contribution is 5.85. The van der Waals surface area contributed by atoms with Crippen molar-refractivity contribution in [2.45, 2.75) is 32.1 Å². The molecule has 0 spiro atoms. The van der Waals surface area contributed by atoms with Gasteiger partial charge in [-0.05, 0) is 17.5 Å². The molecule has 0 aliphatic rings. The van der Waals surface area contributed by atoms with E-state index < -0.39 is 12.0 Å². The predicted molar refractivity (Wildman–Crippen MR) is 96.9 cm³/mol. The summed E-state index contributed by atoms with van der Waals surface area (Å²) in [6.07, 6.45) is 0.273. The molecule has 0 saturated carbocycles. The first kappa shape index (κ1) is 20.7. The van der Waals surface area contributed by atoms with Crippen LogP contribution in [0, 0.1) is 0 Å². The Morgan fingerprint density at radius 3 is 1.84 bits per heavy atom. The van der Waals surface area contributed by atoms with Crippen molar-refractivity contribution >= 4 is 24.3 Å². The van der Waals surface area contributed by atoms with Crippen LogP contribution in [0.4, 0.5) is 0 Å². The van der Waals surface area contributed by atoms with Crippen LogP contribution in [0.25, 0.3) is 0 Å². The van der Waals surface area contributed by atoms with E-state index in [2.05, 4.69) is 0 Å². The van der Waals surface area contributed by atoms with E-state index in [4.69, 9.17) is 15.2 Å². The van der Waals surface area contributed by atoms with Gasteiger partial charge >= 0.3 is 11.9 Å². The lowest BCUT2D eigenvalue weighted by Crippen LogP contribution is -2.32. The molecular weight excluding hydrogens is 342 g/mol. The molecule has 0 saturated heterocycles. The van der Waals surface area contributed by atoms with Crippen molar-refractivity contribution in [1.29, 1.82) is 0 Å². The normalized spacial score (nSPS) is 11.1. The first-order valence-electron chi connectivity index (χ1n) is 7.81. The summed E-state index contributed by atoms with van der Waals surface area (Å²) in [6, 6.07) is 17.9. The number of carbonyl (C=O) groups excluding carboxylic acids is 2. The highest BCUT2D eigenvalue weighted by atomic mass is 35.5. The molecule has 0 radical (unpaired) electrons. The van der Waals surface area contributed by atoms with Gasteiger partial charge in [0.1, 0.15) is 19.3 Å². The maximum absolute atomic E-state index is 11.8. The minimum Gasteiger partial charge on any atom is -0.461 e. The summed E-state index contributed by atoms with van der Waals surface area (Å²) in [7, 11) is 0. The minimum absolute atomic E-state index is 0. The molecule has 5 nitrogen and oxygen atoms in total. The number of rotatable bonds is 8. The number of hydrogen-bond donors (Lipinski definition) is 1. The quantitative estimate of drug-likeness (QED) is 0.729. The van der Waals surface area contributed by atoms with Gasteiger partial charge in [0.2, 0.25) is 0 Å². The molecule has 0 bridgehead atoms. The molecule has 2 N–H and O–H groups in total. The van der Waals surface area contributed by atoms with Gasteiger partial charge in [0, 0.05) is 6.42 Å². The van der Waals surface area contributed by atoms with Crippen molar-refractivity contribution in [3.63, 3.8) is 0 Å². The van der Waals surface area contributed by atoms with E-state index in [-0.39, 0.29) is 44.4 Å². The maximum Gasteiger partial charge on any atom is 0.323 e. The van der Waals surface area contributed by atoms with E-state index >= 15 is 0 Å². The van der Waals surface area contributed by atoms with Crippen molar-refractivity contribution < 1.29 is 19.1 Å². The van der Waals surface area contributed by atoms with Gasteiger partial charge in [-0.15, -0.1) is 12.4 Å². The van der Waals surface area contributed by atoms with Crippen LogP contribution in [0.15, 0.2) is 60.7 Å². The van der Waals surface area contributed by atoms with Gasteiger partial charge in [0.05, 0.1) is 0 Å². The van der Waals surface area contributed by atoms with Gasteiger partial charge in [-0.1, -0.05) is 60.7 Å². The fourth-order valence-electron chi connectivity index (χ4n) is 2.04. The van der Waals surface area contributed by atoms with Gasteiger partial charge in [0.25, 0.3) is 0 Å². The largest absolute Gasteiger partial charge is 0.461 e. The lowest BCUT2D eigenvalue weighted by atomic mass is 10.1. The maximum atomic E-state index is 11.8. The lowest BCUT2D eigenvalue weighted by molar-refractivity contribution is -0.148. The molecule has 6 heteroatoms.